The molecule has 0 radical (unpaired) electrons. The predicted octanol–water partition coefficient (Wildman–Crippen LogP) is 3.53. The summed E-state index contributed by atoms with van der Waals surface area (Å²) < 4.78 is 0. The molecule has 0 saturated carbocycles. The molecule has 0 bridgehead atoms. The molecule has 1 aliphatic rings. The van der Waals surface area contributed by atoms with Gasteiger partial charge in [-0.2, -0.15) is 5.26 Å². The van der Waals surface area contributed by atoms with Crippen molar-refractivity contribution in [2.24, 2.45) is 0 Å². The standard InChI is InChI=1S/C18H11ClN2O3/c1-10(22)21-15-8-13(19)6-7-14(15)16(18(21)24)17(23)12-4-2-11(9-20)3-5-12/h2-8,23H,1H3/b17-16+. The number of imide groups is 1. The first kappa shape index (κ1) is 15.8. The molecular formula is C18H11ClN2O3. The van der Waals surface area contributed by atoms with Crippen LogP contribution in [0.25, 0.3) is 11.3 Å². The maximum absolute atomic E-state index is 12.6. The van der Waals surface area contributed by atoms with Gasteiger partial charge >= 0.3 is 0 Å². The molecule has 118 valence electrons. The zero-order chi connectivity index (χ0) is 17.4. The van der Waals surface area contributed by atoms with Gasteiger partial charge in [-0.05, 0) is 36.4 Å². The van der Waals surface area contributed by atoms with Crippen molar-refractivity contribution in [2.45, 2.75) is 6.92 Å². The summed E-state index contributed by atoms with van der Waals surface area (Å²) in [5, 5.41) is 19.8. The summed E-state index contributed by atoms with van der Waals surface area (Å²) >= 11 is 5.96. The van der Waals surface area contributed by atoms with Crippen LogP contribution in [0, 0.1) is 11.3 Å². The number of carbonyl (C=O) groups is 2. The van der Waals surface area contributed by atoms with Crippen LogP contribution in [0.4, 0.5) is 5.69 Å². The highest BCUT2D eigenvalue weighted by molar-refractivity contribution is 6.43. The molecule has 0 aromatic heterocycles. The Hall–Kier alpha value is -3.10. The highest BCUT2D eigenvalue weighted by atomic mass is 35.5. The summed E-state index contributed by atoms with van der Waals surface area (Å²) in [6.07, 6.45) is 0. The largest absolute Gasteiger partial charge is 0.506 e. The second kappa shape index (κ2) is 5.84. The van der Waals surface area contributed by atoms with Crippen LogP contribution in [-0.4, -0.2) is 16.9 Å². The fraction of sp³-hybridized carbons (Fsp3) is 0.0556. The number of hydrogen-bond acceptors (Lipinski definition) is 4. The smallest absolute Gasteiger partial charge is 0.269 e. The molecule has 0 saturated heterocycles. The van der Waals surface area contributed by atoms with E-state index in [2.05, 4.69) is 0 Å². The van der Waals surface area contributed by atoms with Crippen LogP contribution >= 0.6 is 11.6 Å². The number of amides is 2. The second-order valence-electron chi connectivity index (χ2n) is 5.23. The first-order valence-corrected chi connectivity index (χ1v) is 7.40. The van der Waals surface area contributed by atoms with E-state index in [9.17, 15) is 14.7 Å². The predicted molar refractivity (Wildman–Crippen MR) is 90.2 cm³/mol. The fourth-order valence-electron chi connectivity index (χ4n) is 2.63. The lowest BCUT2D eigenvalue weighted by atomic mass is 10.0. The Labute approximate surface area is 143 Å². The second-order valence-corrected chi connectivity index (χ2v) is 5.67. The van der Waals surface area contributed by atoms with E-state index in [1.807, 2.05) is 6.07 Å². The lowest BCUT2D eigenvalue weighted by molar-refractivity contribution is -0.122. The first-order valence-electron chi connectivity index (χ1n) is 7.02. The molecule has 3 rings (SSSR count). The Kier molecular flexibility index (Phi) is 3.84. The van der Waals surface area contributed by atoms with Crippen molar-refractivity contribution < 1.29 is 14.7 Å². The molecule has 1 aliphatic heterocycles. The van der Waals surface area contributed by atoms with Crippen LogP contribution in [0.3, 0.4) is 0 Å². The third kappa shape index (κ3) is 2.43. The average molecular weight is 339 g/mol. The van der Waals surface area contributed by atoms with Crippen molar-refractivity contribution in [1.82, 2.24) is 0 Å². The van der Waals surface area contributed by atoms with Crippen LogP contribution in [0.2, 0.25) is 5.02 Å². The number of aliphatic hydroxyl groups is 1. The van der Waals surface area contributed by atoms with E-state index in [0.29, 0.717) is 27.4 Å². The molecule has 24 heavy (non-hydrogen) atoms. The van der Waals surface area contributed by atoms with Gasteiger partial charge in [-0.25, -0.2) is 4.90 Å². The van der Waals surface area contributed by atoms with Gasteiger partial charge < -0.3 is 5.11 Å². The first-order chi connectivity index (χ1) is 11.4. The molecule has 0 unspecified atom stereocenters. The molecule has 1 N–H and O–H groups in total. The van der Waals surface area contributed by atoms with E-state index >= 15 is 0 Å². The Balaban J connectivity index is 2.22. The molecule has 1 heterocycles. The van der Waals surface area contributed by atoms with Crippen molar-refractivity contribution in [3.05, 3.63) is 64.2 Å². The summed E-state index contributed by atoms with van der Waals surface area (Å²) in [7, 11) is 0. The quantitative estimate of drug-likeness (QED) is 0.637. The minimum Gasteiger partial charge on any atom is -0.506 e. The van der Waals surface area contributed by atoms with Crippen molar-refractivity contribution in [3.63, 3.8) is 0 Å². The SMILES string of the molecule is CC(=O)N1C(=O)/C(=C(/O)c2ccc(C#N)cc2)c2ccc(Cl)cc21. The van der Waals surface area contributed by atoms with Gasteiger partial charge in [0.25, 0.3) is 5.91 Å². The van der Waals surface area contributed by atoms with Crippen LogP contribution in [0.15, 0.2) is 42.5 Å². The highest BCUT2D eigenvalue weighted by Crippen LogP contribution is 2.41. The number of benzene rings is 2. The number of anilines is 1. The summed E-state index contributed by atoms with van der Waals surface area (Å²) in [5.41, 5.74) is 1.62. The number of nitriles is 1. The third-order valence-electron chi connectivity index (χ3n) is 3.73. The zero-order valence-corrected chi connectivity index (χ0v) is 13.3. The molecule has 2 amide bonds. The van der Waals surface area contributed by atoms with E-state index in [1.54, 1.807) is 24.3 Å². The molecule has 0 atom stereocenters. The maximum Gasteiger partial charge on any atom is 0.269 e. The molecule has 2 aromatic rings. The molecular weight excluding hydrogens is 328 g/mol. The summed E-state index contributed by atoms with van der Waals surface area (Å²) in [6, 6.07) is 12.8. The molecule has 6 heteroatoms. The Bertz CT molecular complexity index is 940. The van der Waals surface area contributed by atoms with E-state index in [1.165, 1.54) is 25.1 Å². The van der Waals surface area contributed by atoms with Gasteiger partial charge in [-0.1, -0.05) is 17.7 Å². The van der Waals surface area contributed by atoms with Crippen molar-refractivity contribution in [2.75, 3.05) is 4.90 Å². The number of fused-ring (bicyclic) bond motifs is 1. The van der Waals surface area contributed by atoms with Gasteiger partial charge in [0.1, 0.15) is 5.76 Å². The van der Waals surface area contributed by atoms with Crippen LogP contribution in [-0.2, 0) is 9.59 Å². The van der Waals surface area contributed by atoms with Gasteiger partial charge in [0.2, 0.25) is 5.91 Å². The lowest BCUT2D eigenvalue weighted by Crippen LogP contribution is -2.31. The fourth-order valence-corrected chi connectivity index (χ4v) is 2.79. The number of carbonyl (C=O) groups excluding carboxylic acids is 2. The Morgan fingerprint density at radius 2 is 1.88 bits per heavy atom. The van der Waals surface area contributed by atoms with E-state index in [4.69, 9.17) is 16.9 Å². The van der Waals surface area contributed by atoms with Gasteiger partial charge in [-0.3, -0.25) is 9.59 Å². The molecule has 5 nitrogen and oxygen atoms in total. The summed E-state index contributed by atoms with van der Waals surface area (Å²) in [4.78, 5) is 25.5. The number of hydrogen-bond donors (Lipinski definition) is 1. The molecule has 0 spiro atoms. The van der Waals surface area contributed by atoms with Crippen LogP contribution in [0.5, 0.6) is 0 Å². The van der Waals surface area contributed by atoms with Crippen molar-refractivity contribution in [1.29, 1.82) is 5.26 Å². The number of halogens is 1. The van der Waals surface area contributed by atoms with E-state index in [-0.39, 0.29) is 11.3 Å². The maximum atomic E-state index is 12.6. The third-order valence-corrected chi connectivity index (χ3v) is 3.96. The van der Waals surface area contributed by atoms with E-state index < -0.39 is 11.8 Å². The average Bonchev–Trinajstić information content (AvgIpc) is 2.85. The Morgan fingerprint density at radius 1 is 1.21 bits per heavy atom. The Morgan fingerprint density at radius 3 is 2.46 bits per heavy atom. The minimum atomic E-state index is -0.610. The summed E-state index contributed by atoms with van der Waals surface area (Å²) in [6.45, 7) is 1.27. The molecule has 0 fully saturated rings. The lowest BCUT2D eigenvalue weighted by Gasteiger charge is -2.12. The molecule has 0 aliphatic carbocycles. The van der Waals surface area contributed by atoms with E-state index in [0.717, 1.165) is 4.90 Å². The van der Waals surface area contributed by atoms with Crippen LogP contribution in [0.1, 0.15) is 23.6 Å². The normalized spacial score (nSPS) is 15.0. The van der Waals surface area contributed by atoms with Gasteiger partial charge in [0, 0.05) is 23.1 Å². The summed E-state index contributed by atoms with van der Waals surface area (Å²) in [5.74, 6) is -1.33. The number of nitrogens with zero attached hydrogens (tertiary/aromatic N) is 2. The van der Waals surface area contributed by atoms with Crippen molar-refractivity contribution >= 4 is 40.4 Å². The van der Waals surface area contributed by atoms with Crippen LogP contribution < -0.4 is 4.90 Å². The van der Waals surface area contributed by atoms with Crippen molar-refractivity contribution in [3.8, 4) is 6.07 Å². The zero-order valence-electron chi connectivity index (χ0n) is 12.6. The number of aliphatic hydroxyl groups excluding tert-OH is 1. The van der Waals surface area contributed by atoms with Gasteiger partial charge in [0.05, 0.1) is 22.9 Å². The minimum absolute atomic E-state index is 0.0292. The number of rotatable bonds is 1. The highest BCUT2D eigenvalue weighted by Gasteiger charge is 2.37. The van der Waals surface area contributed by atoms with Gasteiger partial charge in [0.15, 0.2) is 0 Å². The molecule has 2 aromatic carbocycles. The monoisotopic (exact) mass is 338 g/mol. The topological polar surface area (TPSA) is 81.4 Å². The van der Waals surface area contributed by atoms with Gasteiger partial charge in [-0.15, -0.1) is 0 Å².